The Labute approximate surface area is 84.0 Å². The predicted molar refractivity (Wildman–Crippen MR) is 56.8 cm³/mol. The first-order valence-corrected chi connectivity index (χ1v) is 5.76. The molecule has 13 heavy (non-hydrogen) atoms. The lowest BCUT2D eigenvalue weighted by atomic mass is 9.90. The van der Waals surface area contributed by atoms with Gasteiger partial charge in [0, 0.05) is 12.0 Å². The molecule has 1 saturated heterocycles. The zero-order chi connectivity index (χ0) is 10.2. The molecule has 1 aliphatic heterocycles. The third-order valence-corrected chi connectivity index (χ3v) is 1.99. The van der Waals surface area contributed by atoms with Crippen molar-refractivity contribution in [1.82, 2.24) is 0 Å². The molecule has 0 bridgehead atoms. The molecule has 0 saturated carbocycles. The van der Waals surface area contributed by atoms with Crippen LogP contribution in [0.25, 0.3) is 0 Å². The Hall–Kier alpha value is 0.0969. The summed E-state index contributed by atoms with van der Waals surface area (Å²) in [5.74, 6) is 0. The molecular weight excluding hydrogens is 184 g/mol. The fourth-order valence-corrected chi connectivity index (χ4v) is 1.10. The van der Waals surface area contributed by atoms with E-state index in [2.05, 4.69) is 13.8 Å². The van der Waals surface area contributed by atoms with Crippen molar-refractivity contribution in [1.29, 1.82) is 0 Å². The molecule has 3 nitrogen and oxygen atoms in total. The second kappa shape index (κ2) is 7.50. The number of rotatable bonds is 5. The third kappa shape index (κ3) is 5.41. The topological polar surface area (TPSA) is 38.7 Å². The van der Waals surface area contributed by atoms with Gasteiger partial charge in [0.2, 0.25) is 0 Å². The van der Waals surface area contributed by atoms with E-state index in [-0.39, 0.29) is 0 Å². The molecule has 0 amide bonds. The largest absolute Gasteiger partial charge is 0.442 e. The second-order valence-corrected chi connectivity index (χ2v) is 3.71. The normalized spacial score (nSPS) is 18.7. The molecule has 4 heteroatoms. The van der Waals surface area contributed by atoms with Crippen molar-refractivity contribution < 1.29 is 14.3 Å². The number of ether oxygens (including phenoxy) is 2. The van der Waals surface area contributed by atoms with Crippen LogP contribution in [-0.4, -0.2) is 41.7 Å². The van der Waals surface area contributed by atoms with Crippen molar-refractivity contribution in [2.75, 3.05) is 26.4 Å². The third-order valence-electron chi connectivity index (χ3n) is 1.99. The summed E-state index contributed by atoms with van der Waals surface area (Å²) in [5.41, 5.74) is 0.327. The SMILES string of the molecule is CCCCOCC1(C)COC1.O[SiH3]. The van der Waals surface area contributed by atoms with Crippen molar-refractivity contribution in [3.8, 4) is 0 Å². The maximum absolute atomic E-state index is 7.14. The summed E-state index contributed by atoms with van der Waals surface area (Å²) in [7, 11) is 0.306. The van der Waals surface area contributed by atoms with Crippen molar-refractivity contribution in [2.24, 2.45) is 5.41 Å². The summed E-state index contributed by atoms with van der Waals surface area (Å²) < 4.78 is 10.6. The van der Waals surface area contributed by atoms with Crippen LogP contribution in [0.2, 0.25) is 0 Å². The molecule has 1 aliphatic rings. The van der Waals surface area contributed by atoms with Gasteiger partial charge in [0.05, 0.1) is 19.8 Å². The molecule has 0 aromatic rings. The van der Waals surface area contributed by atoms with E-state index in [4.69, 9.17) is 14.3 Å². The van der Waals surface area contributed by atoms with Crippen LogP contribution in [0, 0.1) is 5.41 Å². The van der Waals surface area contributed by atoms with Gasteiger partial charge in [0.1, 0.15) is 10.5 Å². The highest BCUT2D eigenvalue weighted by Crippen LogP contribution is 2.26. The van der Waals surface area contributed by atoms with E-state index in [0.29, 0.717) is 15.9 Å². The van der Waals surface area contributed by atoms with E-state index in [1.165, 1.54) is 12.8 Å². The van der Waals surface area contributed by atoms with E-state index < -0.39 is 0 Å². The molecule has 1 heterocycles. The summed E-state index contributed by atoms with van der Waals surface area (Å²) in [6, 6.07) is 0. The van der Waals surface area contributed by atoms with Gasteiger partial charge in [-0.05, 0) is 6.42 Å². The lowest BCUT2D eigenvalue weighted by Crippen LogP contribution is -2.43. The van der Waals surface area contributed by atoms with Crippen LogP contribution >= 0.6 is 0 Å². The Morgan fingerprint density at radius 1 is 1.46 bits per heavy atom. The molecular formula is C9H22O3Si. The quantitative estimate of drug-likeness (QED) is 0.512. The first kappa shape index (κ1) is 13.1. The Morgan fingerprint density at radius 2 is 2.08 bits per heavy atom. The fraction of sp³-hybridized carbons (Fsp3) is 1.00. The van der Waals surface area contributed by atoms with Gasteiger partial charge in [-0.1, -0.05) is 20.3 Å². The summed E-state index contributed by atoms with van der Waals surface area (Å²) >= 11 is 0. The maximum atomic E-state index is 7.14. The van der Waals surface area contributed by atoms with Gasteiger partial charge in [-0.2, -0.15) is 0 Å². The van der Waals surface area contributed by atoms with Crippen LogP contribution in [0.4, 0.5) is 0 Å². The molecule has 80 valence electrons. The molecule has 0 spiro atoms. The van der Waals surface area contributed by atoms with E-state index in [0.717, 1.165) is 26.4 Å². The summed E-state index contributed by atoms with van der Waals surface area (Å²) in [6.45, 7) is 7.91. The smallest absolute Gasteiger partial charge is 0.141 e. The average molecular weight is 206 g/mol. The summed E-state index contributed by atoms with van der Waals surface area (Å²) in [4.78, 5) is 7.14. The summed E-state index contributed by atoms with van der Waals surface area (Å²) in [5, 5.41) is 0. The number of hydrogen-bond donors (Lipinski definition) is 1. The zero-order valence-electron chi connectivity index (χ0n) is 9.01. The van der Waals surface area contributed by atoms with Crippen LogP contribution in [0.1, 0.15) is 26.7 Å². The monoisotopic (exact) mass is 206 g/mol. The highest BCUT2D eigenvalue weighted by molar-refractivity contribution is 5.95. The van der Waals surface area contributed by atoms with Crippen LogP contribution in [-0.2, 0) is 9.47 Å². The van der Waals surface area contributed by atoms with E-state index in [1.54, 1.807) is 0 Å². The minimum atomic E-state index is 0.306. The maximum Gasteiger partial charge on any atom is 0.141 e. The lowest BCUT2D eigenvalue weighted by molar-refractivity contribution is -0.137. The fourth-order valence-electron chi connectivity index (χ4n) is 1.10. The molecule has 1 N–H and O–H groups in total. The zero-order valence-corrected chi connectivity index (χ0v) is 11.0. The number of unbranched alkanes of at least 4 members (excludes halogenated alkanes) is 1. The average Bonchev–Trinajstić information content (AvgIpc) is 2.13. The molecule has 0 aromatic carbocycles. The van der Waals surface area contributed by atoms with E-state index in [1.807, 2.05) is 0 Å². The minimum absolute atomic E-state index is 0.306. The van der Waals surface area contributed by atoms with Crippen LogP contribution in [0.3, 0.4) is 0 Å². The van der Waals surface area contributed by atoms with Crippen molar-refractivity contribution >= 4 is 10.5 Å². The molecule has 0 unspecified atom stereocenters. The Morgan fingerprint density at radius 3 is 2.46 bits per heavy atom. The molecule has 0 aliphatic carbocycles. The van der Waals surface area contributed by atoms with Crippen LogP contribution in [0.15, 0.2) is 0 Å². The highest BCUT2D eigenvalue weighted by Gasteiger charge is 2.33. The van der Waals surface area contributed by atoms with Crippen molar-refractivity contribution in [2.45, 2.75) is 26.7 Å². The highest BCUT2D eigenvalue weighted by atomic mass is 28.2. The Kier molecular flexibility index (Phi) is 7.55. The van der Waals surface area contributed by atoms with Gasteiger partial charge in [-0.25, -0.2) is 0 Å². The van der Waals surface area contributed by atoms with Crippen molar-refractivity contribution in [3.05, 3.63) is 0 Å². The Bertz CT molecular complexity index is 115. The summed E-state index contributed by atoms with van der Waals surface area (Å²) in [6.07, 6.45) is 2.39. The van der Waals surface area contributed by atoms with Gasteiger partial charge in [0.25, 0.3) is 0 Å². The molecule has 0 atom stereocenters. The van der Waals surface area contributed by atoms with E-state index in [9.17, 15) is 0 Å². The molecule has 0 radical (unpaired) electrons. The number of hydrogen-bond acceptors (Lipinski definition) is 3. The van der Waals surface area contributed by atoms with Gasteiger partial charge in [-0.15, -0.1) is 0 Å². The standard InChI is InChI=1S/C9H18O2.H4OSi/c1-3-4-5-10-6-9(2)7-11-8-9;1-2/h3-8H2,1-2H3;1H,2H3. The Balaban J connectivity index is 0.000000671. The van der Waals surface area contributed by atoms with E-state index >= 15 is 0 Å². The van der Waals surface area contributed by atoms with Gasteiger partial charge in [0.15, 0.2) is 0 Å². The predicted octanol–water partition coefficient (Wildman–Crippen LogP) is 0.0987. The second-order valence-electron chi connectivity index (χ2n) is 3.71. The van der Waals surface area contributed by atoms with Crippen molar-refractivity contribution in [3.63, 3.8) is 0 Å². The lowest BCUT2D eigenvalue weighted by Gasteiger charge is -2.37. The van der Waals surface area contributed by atoms with Gasteiger partial charge < -0.3 is 14.3 Å². The molecule has 0 aromatic heterocycles. The van der Waals surface area contributed by atoms with Crippen LogP contribution < -0.4 is 0 Å². The van der Waals surface area contributed by atoms with Gasteiger partial charge in [-0.3, -0.25) is 0 Å². The molecule has 1 rings (SSSR count). The van der Waals surface area contributed by atoms with Gasteiger partial charge >= 0.3 is 0 Å². The minimum Gasteiger partial charge on any atom is -0.442 e. The first-order valence-electron chi connectivity index (χ1n) is 4.87. The first-order chi connectivity index (χ1) is 6.27. The van der Waals surface area contributed by atoms with Crippen LogP contribution in [0.5, 0.6) is 0 Å². The molecule has 1 fully saturated rings.